The minimum absolute atomic E-state index is 0.0497. The molecule has 0 aliphatic rings. The first-order valence-corrected chi connectivity index (χ1v) is 5.96. The van der Waals surface area contributed by atoms with Gasteiger partial charge in [-0.15, -0.1) is 0 Å². The van der Waals surface area contributed by atoms with Gasteiger partial charge in [0.1, 0.15) is 6.54 Å². The molecule has 0 fully saturated rings. The first-order valence-electron chi connectivity index (χ1n) is 5.96. The summed E-state index contributed by atoms with van der Waals surface area (Å²) >= 11 is 0. The van der Waals surface area contributed by atoms with Crippen molar-refractivity contribution in [1.29, 1.82) is 0 Å². The van der Waals surface area contributed by atoms with E-state index in [0.717, 1.165) is 0 Å². The van der Waals surface area contributed by atoms with Gasteiger partial charge in [0.15, 0.2) is 0 Å². The summed E-state index contributed by atoms with van der Waals surface area (Å²) in [6.45, 7) is 5.63. The molecular weight excluding hydrogens is 252 g/mol. The predicted molar refractivity (Wildman–Crippen MR) is 69.0 cm³/mol. The van der Waals surface area contributed by atoms with Gasteiger partial charge in [0.25, 0.3) is 0 Å². The fourth-order valence-electron chi connectivity index (χ4n) is 1.72. The zero-order valence-electron chi connectivity index (χ0n) is 11.5. The van der Waals surface area contributed by atoms with Gasteiger partial charge in [-0.3, -0.25) is 9.36 Å². The molecule has 0 amide bonds. The van der Waals surface area contributed by atoms with Crippen molar-refractivity contribution in [3.8, 4) is 0 Å². The Kier molecular flexibility index (Phi) is 4.85. The van der Waals surface area contributed by atoms with Crippen LogP contribution in [0.5, 0.6) is 0 Å². The number of carbonyl (C=O) groups excluding carboxylic acids is 1. The Hall–Kier alpha value is -2.12. The summed E-state index contributed by atoms with van der Waals surface area (Å²) in [5.41, 5.74) is 0. The van der Waals surface area contributed by atoms with Crippen LogP contribution < -0.4 is 4.90 Å². The monoisotopic (exact) mass is 270 g/mol. The highest BCUT2D eigenvalue weighted by molar-refractivity contribution is 5.76. The summed E-state index contributed by atoms with van der Waals surface area (Å²) in [4.78, 5) is 27.3. The van der Waals surface area contributed by atoms with Crippen LogP contribution >= 0.6 is 0 Å². The molecular formula is C11H18N4O4. The average molecular weight is 270 g/mol. The lowest BCUT2D eigenvalue weighted by atomic mass is 10.3. The van der Waals surface area contributed by atoms with Crippen molar-refractivity contribution in [2.45, 2.75) is 26.8 Å². The van der Waals surface area contributed by atoms with Crippen molar-refractivity contribution in [2.24, 2.45) is 7.05 Å². The zero-order valence-corrected chi connectivity index (χ0v) is 11.5. The van der Waals surface area contributed by atoms with E-state index in [1.54, 1.807) is 18.9 Å². The van der Waals surface area contributed by atoms with E-state index in [4.69, 9.17) is 4.74 Å². The molecule has 1 aromatic heterocycles. The zero-order chi connectivity index (χ0) is 14.6. The number of imidazole rings is 1. The van der Waals surface area contributed by atoms with Crippen LogP contribution in [-0.4, -0.2) is 39.6 Å². The molecule has 0 saturated heterocycles. The van der Waals surface area contributed by atoms with E-state index in [2.05, 4.69) is 4.98 Å². The largest absolute Gasteiger partial charge is 0.465 e. The summed E-state index contributed by atoms with van der Waals surface area (Å²) in [6, 6.07) is -0.0986. The van der Waals surface area contributed by atoms with Crippen LogP contribution in [0.2, 0.25) is 0 Å². The number of rotatable bonds is 6. The molecule has 0 atom stereocenters. The number of carbonyl (C=O) groups is 1. The van der Waals surface area contributed by atoms with Gasteiger partial charge >= 0.3 is 11.8 Å². The number of aromatic nitrogens is 2. The summed E-state index contributed by atoms with van der Waals surface area (Å²) in [7, 11) is 1.65. The van der Waals surface area contributed by atoms with E-state index >= 15 is 0 Å². The van der Waals surface area contributed by atoms with Gasteiger partial charge in [0.05, 0.1) is 6.61 Å². The Balaban J connectivity index is 3.09. The minimum Gasteiger partial charge on any atom is -0.465 e. The molecule has 0 radical (unpaired) electrons. The highest BCUT2D eigenvalue weighted by Gasteiger charge is 2.28. The number of anilines is 1. The third-order valence-corrected chi connectivity index (χ3v) is 2.56. The van der Waals surface area contributed by atoms with Crippen molar-refractivity contribution in [1.82, 2.24) is 9.55 Å². The van der Waals surface area contributed by atoms with Crippen molar-refractivity contribution in [3.05, 3.63) is 16.4 Å². The first-order chi connectivity index (χ1) is 8.88. The molecule has 1 aromatic rings. The molecule has 8 heteroatoms. The third-order valence-electron chi connectivity index (χ3n) is 2.56. The van der Waals surface area contributed by atoms with Crippen LogP contribution in [0, 0.1) is 10.1 Å². The Morgan fingerprint density at radius 3 is 2.74 bits per heavy atom. The molecule has 19 heavy (non-hydrogen) atoms. The van der Waals surface area contributed by atoms with Gasteiger partial charge in [0.2, 0.25) is 12.1 Å². The van der Waals surface area contributed by atoms with Crippen LogP contribution in [0.25, 0.3) is 0 Å². The molecule has 0 saturated carbocycles. The van der Waals surface area contributed by atoms with E-state index < -0.39 is 10.9 Å². The lowest BCUT2D eigenvalue weighted by Crippen LogP contribution is -2.38. The quantitative estimate of drug-likeness (QED) is 0.437. The van der Waals surface area contributed by atoms with Crippen molar-refractivity contribution in [3.63, 3.8) is 0 Å². The number of ether oxygens (including phenoxy) is 1. The van der Waals surface area contributed by atoms with Gasteiger partial charge in [0, 0.05) is 13.1 Å². The second-order valence-electron chi connectivity index (χ2n) is 4.29. The molecule has 1 heterocycles. The summed E-state index contributed by atoms with van der Waals surface area (Å²) in [5, 5.41) is 11.0. The highest BCUT2D eigenvalue weighted by atomic mass is 16.6. The lowest BCUT2D eigenvalue weighted by molar-refractivity contribution is -0.388. The van der Waals surface area contributed by atoms with Gasteiger partial charge < -0.3 is 19.8 Å². The Labute approximate surface area is 111 Å². The molecule has 0 N–H and O–H groups in total. The summed E-state index contributed by atoms with van der Waals surface area (Å²) in [6.07, 6.45) is 1.36. The molecule has 0 aromatic carbocycles. The van der Waals surface area contributed by atoms with E-state index in [1.165, 1.54) is 10.9 Å². The van der Waals surface area contributed by atoms with Gasteiger partial charge in [-0.05, 0) is 30.7 Å². The maximum absolute atomic E-state index is 11.6. The Morgan fingerprint density at radius 2 is 2.26 bits per heavy atom. The third kappa shape index (κ3) is 3.43. The first kappa shape index (κ1) is 14.9. The molecule has 106 valence electrons. The van der Waals surface area contributed by atoms with Crippen molar-refractivity contribution in [2.75, 3.05) is 18.1 Å². The molecule has 0 aliphatic heterocycles. The average Bonchev–Trinajstić information content (AvgIpc) is 2.68. The van der Waals surface area contributed by atoms with Crippen LogP contribution in [0.4, 0.5) is 11.6 Å². The van der Waals surface area contributed by atoms with Crippen molar-refractivity contribution < 1.29 is 14.5 Å². The number of nitro groups is 1. The van der Waals surface area contributed by atoms with Crippen LogP contribution in [-0.2, 0) is 16.6 Å². The topological polar surface area (TPSA) is 90.5 Å². The van der Waals surface area contributed by atoms with Crippen LogP contribution in [0.15, 0.2) is 6.33 Å². The maximum atomic E-state index is 11.6. The molecule has 1 rings (SSSR count). The molecule has 0 spiro atoms. The highest BCUT2D eigenvalue weighted by Crippen LogP contribution is 2.27. The number of esters is 1. The molecule has 0 bridgehead atoms. The standard InChI is InChI=1S/C11H18N4O4/c1-5-19-9(16)6-14(8(2)3)11-10(15(17)18)12-7-13(11)4/h7-8H,5-6H2,1-4H3. The smallest absolute Gasteiger partial charge is 0.406 e. The lowest BCUT2D eigenvalue weighted by Gasteiger charge is -2.26. The number of hydrogen-bond acceptors (Lipinski definition) is 6. The molecule has 0 aliphatic carbocycles. The summed E-state index contributed by atoms with van der Waals surface area (Å²) in [5.74, 6) is -0.389. The van der Waals surface area contributed by atoms with Gasteiger partial charge in [-0.2, -0.15) is 0 Å². The van der Waals surface area contributed by atoms with Gasteiger partial charge in [-0.25, -0.2) is 0 Å². The van der Waals surface area contributed by atoms with Crippen LogP contribution in [0.1, 0.15) is 20.8 Å². The second-order valence-corrected chi connectivity index (χ2v) is 4.29. The summed E-state index contributed by atoms with van der Waals surface area (Å²) < 4.78 is 6.41. The predicted octanol–water partition coefficient (Wildman–Crippen LogP) is 1.11. The normalized spacial score (nSPS) is 10.6. The second kappa shape index (κ2) is 6.17. The maximum Gasteiger partial charge on any atom is 0.406 e. The van der Waals surface area contributed by atoms with E-state index in [9.17, 15) is 14.9 Å². The fraction of sp³-hybridized carbons (Fsp3) is 0.636. The number of hydrogen-bond donors (Lipinski definition) is 0. The van der Waals surface area contributed by atoms with E-state index in [0.29, 0.717) is 5.82 Å². The minimum atomic E-state index is -0.560. The molecule has 0 unspecified atom stereocenters. The van der Waals surface area contributed by atoms with Crippen molar-refractivity contribution >= 4 is 17.6 Å². The van der Waals surface area contributed by atoms with E-state index in [1.807, 2.05) is 13.8 Å². The molecule has 8 nitrogen and oxygen atoms in total. The Bertz CT molecular complexity index is 469. The van der Waals surface area contributed by atoms with Crippen LogP contribution in [0.3, 0.4) is 0 Å². The fourth-order valence-corrected chi connectivity index (χ4v) is 1.72. The van der Waals surface area contributed by atoms with Gasteiger partial charge in [-0.1, -0.05) is 0 Å². The SMILES string of the molecule is CCOC(=O)CN(c1c([N+](=O)[O-])ncn1C)C(C)C. The van der Waals surface area contributed by atoms with E-state index in [-0.39, 0.29) is 25.0 Å². The number of aryl methyl sites for hydroxylation is 1. The number of nitrogens with zero attached hydrogens (tertiary/aromatic N) is 4. The Morgan fingerprint density at radius 1 is 1.63 bits per heavy atom.